The molecule has 1 rings (SSSR count). The number of rotatable bonds is 4. The Kier molecular flexibility index (Phi) is 4.78. The summed E-state index contributed by atoms with van der Waals surface area (Å²) in [5, 5.41) is 12.3. The number of nitrogens with two attached hydrogens (primary N) is 1. The average Bonchev–Trinajstić information content (AvgIpc) is 2.17. The third kappa shape index (κ3) is 4.44. The van der Waals surface area contributed by atoms with E-state index in [1.165, 1.54) is 0 Å². The first-order chi connectivity index (χ1) is 7.11. The van der Waals surface area contributed by atoms with Gasteiger partial charge in [0.1, 0.15) is 5.84 Å². The average molecular weight is 245 g/mol. The van der Waals surface area contributed by atoms with Gasteiger partial charge in [0, 0.05) is 21.6 Å². The predicted octanol–water partition coefficient (Wildman–Crippen LogP) is 2.96. The molecule has 1 aromatic carbocycles. The first-order valence-corrected chi connectivity index (χ1v) is 5.76. The molecule has 0 aromatic heterocycles. The van der Waals surface area contributed by atoms with Crippen LogP contribution >= 0.6 is 23.4 Å². The van der Waals surface area contributed by atoms with Crippen molar-refractivity contribution < 1.29 is 5.21 Å². The molecule has 0 saturated carbocycles. The highest BCUT2D eigenvalue weighted by atomic mass is 35.5. The molecule has 0 aliphatic rings. The van der Waals surface area contributed by atoms with Gasteiger partial charge >= 0.3 is 0 Å². The van der Waals surface area contributed by atoms with Crippen LogP contribution in [0.5, 0.6) is 0 Å². The van der Waals surface area contributed by atoms with Crippen molar-refractivity contribution in [2.45, 2.75) is 23.5 Å². The highest BCUT2D eigenvalue weighted by Crippen LogP contribution is 2.27. The van der Waals surface area contributed by atoms with Crippen molar-refractivity contribution in [3.63, 3.8) is 0 Å². The molecule has 1 unspecified atom stereocenters. The minimum absolute atomic E-state index is 0.247. The summed E-state index contributed by atoms with van der Waals surface area (Å²) in [6.45, 7) is 2.02. The van der Waals surface area contributed by atoms with Crippen LogP contribution in [0.2, 0.25) is 5.02 Å². The summed E-state index contributed by atoms with van der Waals surface area (Å²) in [5.41, 5.74) is 5.42. The summed E-state index contributed by atoms with van der Waals surface area (Å²) in [5.74, 6) is 0.247. The van der Waals surface area contributed by atoms with Gasteiger partial charge in [-0.1, -0.05) is 29.7 Å². The lowest BCUT2D eigenvalue weighted by Gasteiger charge is -2.09. The molecular weight excluding hydrogens is 232 g/mol. The molecule has 3 nitrogen and oxygen atoms in total. The highest BCUT2D eigenvalue weighted by molar-refractivity contribution is 8.00. The van der Waals surface area contributed by atoms with Gasteiger partial charge in [-0.15, -0.1) is 11.8 Å². The molecule has 0 aliphatic carbocycles. The van der Waals surface area contributed by atoms with Crippen LogP contribution < -0.4 is 5.73 Å². The van der Waals surface area contributed by atoms with Crippen LogP contribution in [0.25, 0.3) is 0 Å². The molecule has 0 amide bonds. The maximum absolute atomic E-state index is 8.43. The standard InChI is InChI=1S/C10H13ClN2OS/c1-7(5-10(12)13-14)15-9-4-2-3-8(11)6-9/h2-4,6-7,14H,5H2,1H3,(H2,12,13). The van der Waals surface area contributed by atoms with Crippen molar-refractivity contribution in [2.24, 2.45) is 10.9 Å². The maximum Gasteiger partial charge on any atom is 0.140 e. The van der Waals surface area contributed by atoms with Gasteiger partial charge in [0.25, 0.3) is 0 Å². The van der Waals surface area contributed by atoms with Crippen LogP contribution in [0.3, 0.4) is 0 Å². The van der Waals surface area contributed by atoms with Crippen molar-refractivity contribution in [1.29, 1.82) is 0 Å². The fraction of sp³-hybridized carbons (Fsp3) is 0.300. The van der Waals surface area contributed by atoms with E-state index in [1.54, 1.807) is 11.8 Å². The number of oxime groups is 1. The molecule has 0 saturated heterocycles. The van der Waals surface area contributed by atoms with E-state index < -0.39 is 0 Å². The van der Waals surface area contributed by atoms with Gasteiger partial charge in [0.15, 0.2) is 0 Å². The first kappa shape index (κ1) is 12.2. The van der Waals surface area contributed by atoms with E-state index in [1.807, 2.05) is 31.2 Å². The van der Waals surface area contributed by atoms with Gasteiger partial charge < -0.3 is 10.9 Å². The van der Waals surface area contributed by atoms with Crippen LogP contribution in [-0.4, -0.2) is 16.3 Å². The van der Waals surface area contributed by atoms with Crippen LogP contribution in [0, 0.1) is 0 Å². The monoisotopic (exact) mass is 244 g/mol. The largest absolute Gasteiger partial charge is 0.409 e. The normalized spacial score (nSPS) is 13.9. The van der Waals surface area contributed by atoms with Gasteiger partial charge in [0.05, 0.1) is 0 Å². The van der Waals surface area contributed by atoms with Crippen molar-refractivity contribution in [3.05, 3.63) is 29.3 Å². The van der Waals surface area contributed by atoms with Crippen LogP contribution in [0.1, 0.15) is 13.3 Å². The summed E-state index contributed by atoms with van der Waals surface area (Å²) in [7, 11) is 0. The second-order valence-corrected chi connectivity index (χ2v) is 5.13. The minimum atomic E-state index is 0.247. The summed E-state index contributed by atoms with van der Waals surface area (Å²) in [6, 6.07) is 7.62. The number of hydrogen-bond acceptors (Lipinski definition) is 3. The minimum Gasteiger partial charge on any atom is -0.409 e. The Morgan fingerprint density at radius 2 is 2.40 bits per heavy atom. The van der Waals surface area contributed by atoms with E-state index in [-0.39, 0.29) is 11.1 Å². The predicted molar refractivity (Wildman–Crippen MR) is 64.8 cm³/mol. The van der Waals surface area contributed by atoms with Crippen molar-refractivity contribution in [2.75, 3.05) is 0 Å². The second kappa shape index (κ2) is 5.88. The van der Waals surface area contributed by atoms with Gasteiger partial charge in [0.2, 0.25) is 0 Å². The lowest BCUT2D eigenvalue weighted by Crippen LogP contribution is -2.16. The Balaban J connectivity index is 2.55. The van der Waals surface area contributed by atoms with E-state index in [0.29, 0.717) is 6.42 Å². The number of halogens is 1. The molecule has 1 atom stereocenters. The quantitative estimate of drug-likeness (QED) is 0.282. The molecule has 5 heteroatoms. The van der Waals surface area contributed by atoms with Crippen molar-refractivity contribution in [1.82, 2.24) is 0 Å². The lowest BCUT2D eigenvalue weighted by molar-refractivity contribution is 0.317. The smallest absolute Gasteiger partial charge is 0.140 e. The Morgan fingerprint density at radius 3 is 3.00 bits per heavy atom. The van der Waals surface area contributed by atoms with Crippen LogP contribution in [0.15, 0.2) is 34.3 Å². The van der Waals surface area contributed by atoms with E-state index in [4.69, 9.17) is 22.5 Å². The highest BCUT2D eigenvalue weighted by Gasteiger charge is 2.07. The van der Waals surface area contributed by atoms with Gasteiger partial charge in [-0.05, 0) is 18.2 Å². The summed E-state index contributed by atoms with van der Waals surface area (Å²) < 4.78 is 0. The van der Waals surface area contributed by atoms with Gasteiger partial charge in [-0.3, -0.25) is 0 Å². The molecule has 0 radical (unpaired) electrons. The van der Waals surface area contributed by atoms with E-state index in [9.17, 15) is 0 Å². The fourth-order valence-corrected chi connectivity index (χ4v) is 2.48. The zero-order chi connectivity index (χ0) is 11.3. The van der Waals surface area contributed by atoms with Crippen molar-refractivity contribution >= 4 is 29.2 Å². The third-order valence-electron chi connectivity index (χ3n) is 1.76. The molecule has 82 valence electrons. The summed E-state index contributed by atoms with van der Waals surface area (Å²) in [6.07, 6.45) is 0.549. The Hall–Kier alpha value is -0.870. The van der Waals surface area contributed by atoms with Crippen LogP contribution in [-0.2, 0) is 0 Å². The summed E-state index contributed by atoms with van der Waals surface area (Å²) >= 11 is 7.50. The number of nitrogens with zero attached hydrogens (tertiary/aromatic N) is 1. The lowest BCUT2D eigenvalue weighted by atomic mass is 10.3. The number of amidine groups is 1. The van der Waals surface area contributed by atoms with E-state index >= 15 is 0 Å². The molecule has 0 heterocycles. The third-order valence-corrected chi connectivity index (χ3v) is 3.09. The molecule has 0 aliphatic heterocycles. The van der Waals surface area contributed by atoms with Gasteiger partial charge in [-0.25, -0.2) is 0 Å². The van der Waals surface area contributed by atoms with Gasteiger partial charge in [-0.2, -0.15) is 0 Å². The Bertz CT molecular complexity index is 357. The molecule has 0 fully saturated rings. The fourth-order valence-electron chi connectivity index (χ4n) is 1.15. The second-order valence-electron chi connectivity index (χ2n) is 3.18. The molecule has 15 heavy (non-hydrogen) atoms. The molecule has 0 spiro atoms. The SMILES string of the molecule is CC(CC(N)=NO)Sc1cccc(Cl)c1. The van der Waals surface area contributed by atoms with Crippen molar-refractivity contribution in [3.8, 4) is 0 Å². The zero-order valence-electron chi connectivity index (χ0n) is 8.35. The van der Waals surface area contributed by atoms with E-state index in [2.05, 4.69) is 5.16 Å². The topological polar surface area (TPSA) is 58.6 Å². The zero-order valence-corrected chi connectivity index (χ0v) is 9.92. The van der Waals surface area contributed by atoms with Crippen LogP contribution in [0.4, 0.5) is 0 Å². The number of benzene rings is 1. The summed E-state index contributed by atoms with van der Waals surface area (Å²) in [4.78, 5) is 1.08. The molecular formula is C10H13ClN2OS. The maximum atomic E-state index is 8.43. The first-order valence-electron chi connectivity index (χ1n) is 4.50. The Morgan fingerprint density at radius 1 is 1.67 bits per heavy atom. The number of hydrogen-bond donors (Lipinski definition) is 2. The number of thioether (sulfide) groups is 1. The molecule has 3 N–H and O–H groups in total. The van der Waals surface area contributed by atoms with E-state index in [0.717, 1.165) is 9.92 Å². The molecule has 1 aromatic rings. The molecule has 0 bridgehead atoms. The Labute approximate surface area is 98.3 Å².